The van der Waals surface area contributed by atoms with Crippen molar-refractivity contribution in [2.75, 3.05) is 131 Å². The summed E-state index contributed by atoms with van der Waals surface area (Å²) in [6, 6.07) is 53.4. The first kappa shape index (κ1) is 106. The van der Waals surface area contributed by atoms with E-state index in [1.54, 1.807) is 123 Å². The summed E-state index contributed by atoms with van der Waals surface area (Å²) in [7, 11) is 10.6. The number of benzene rings is 12. The second kappa shape index (κ2) is 49.1. The Morgan fingerprint density at radius 1 is 0.310 bits per heavy atom. The van der Waals surface area contributed by atoms with Gasteiger partial charge in [0.1, 0.15) is 69.6 Å². The van der Waals surface area contributed by atoms with E-state index in [-0.39, 0.29) is 128 Å². The molecule has 0 aromatic heterocycles. The molecule has 2 saturated heterocycles. The third-order valence-electron chi connectivity index (χ3n) is 22.0. The molecule has 3 aliphatic heterocycles. The van der Waals surface area contributed by atoms with Gasteiger partial charge in [-0.3, -0.25) is 59.6 Å². The Labute approximate surface area is 853 Å². The topological polar surface area (TPSA) is 367 Å². The number of anilines is 8. The second-order valence-electron chi connectivity index (χ2n) is 31.9. The summed E-state index contributed by atoms with van der Waals surface area (Å²) in [4.78, 5) is 116. The Kier molecular flexibility index (Phi) is 36.8. The molecular weight excluding hydrogens is 2000 g/mol. The fraction of sp³-hybridized carbons (Fsp3) is 0.176. The number of aliphatic imine (C=N–C) groups is 1. The first-order valence-electron chi connectivity index (χ1n) is 43.3. The smallest absolute Gasteiger partial charge is 0.258 e. The van der Waals surface area contributed by atoms with E-state index >= 15 is 4.39 Å². The number of hydrogen-bond acceptors (Lipinski definition) is 17. The van der Waals surface area contributed by atoms with Gasteiger partial charge in [-0.05, 0) is 202 Å². The maximum Gasteiger partial charge on any atom is 0.258 e. The molecule has 2 fully saturated rings. The van der Waals surface area contributed by atoms with Crippen LogP contribution in [0.5, 0.6) is 23.0 Å². The molecule has 0 unspecified atom stereocenters. The highest BCUT2D eigenvalue weighted by Crippen LogP contribution is 2.40. The fourth-order valence-corrected chi connectivity index (χ4v) is 16.1. The first-order valence-corrected chi connectivity index (χ1v) is 46.3. The summed E-state index contributed by atoms with van der Waals surface area (Å²) >= 11 is 48.3. The molecule has 0 aliphatic carbocycles. The van der Waals surface area contributed by atoms with E-state index in [1.165, 1.54) is 136 Å². The number of amides is 8. The molecule has 28 nitrogen and oxygen atoms in total. The van der Waals surface area contributed by atoms with E-state index in [2.05, 4.69) is 47.5 Å². The monoisotopic (exact) mass is 2090 g/mol. The lowest BCUT2D eigenvalue weighted by Crippen LogP contribution is -2.35. The lowest BCUT2D eigenvalue weighted by atomic mass is 10.1. The normalized spacial score (nSPS) is 12.3. The molecule has 142 heavy (non-hydrogen) atoms. The van der Waals surface area contributed by atoms with Gasteiger partial charge in [0.05, 0.1) is 102 Å². The molecule has 15 rings (SSSR count). The molecule has 40 heteroatoms. The van der Waals surface area contributed by atoms with Crippen molar-refractivity contribution in [2.24, 2.45) is 4.99 Å². The summed E-state index contributed by atoms with van der Waals surface area (Å²) in [5.41, 5.74) is 2.86. The standard InChI is InChI=1S/C27H25Cl2FN4O3.C26H23Cl2FN4O3.C25H21Cl2FN4O3.C24H21Cl2FN4O3/c1-37-23-15-18(29)14-21(27(36)32-19-8-6-17(28)7-9-19)24(23)33-26(35)20-10-5-16(13-22(20)30)25(31)34-11-3-2-4-12-34;1-36-22-14-17(28)13-20(26(35)31-18-7-5-16(27)6-8-18)23(22)32-25(34)19-9-4-15(12-21(19)29)24(30)33-10-2-3-11-33;1-32-10-9-29-23(32)14-3-8-18(20(28)11-14)24(33)31-22-19(12-16(27)13-21(22)35-2)25(34)30-17-6-4-15(26)5-7-17;1-31(2)22(28)13-4-9-17(19(27)10-13)23(32)30-21-18(11-15(26)12-20(21)34-3)24(33)29-16-7-5-14(25)6-8-16/h5-10,13-15,31H,2-4,11-12H2,1H3,(H,32,36)(H,33,35);4-9,12-14,30H,2-3,10-11H2,1H3,(H,31,35)(H,32,34);3-8,11-13H,9-10H2,1-2H3,(H,30,34)(H,31,33);4-12,28H,1-3H3,(H,29,33)(H,30,32). The summed E-state index contributed by atoms with van der Waals surface area (Å²) in [5, 5.41) is 48.7. The highest BCUT2D eigenvalue weighted by Gasteiger charge is 2.31. The van der Waals surface area contributed by atoms with Crippen molar-refractivity contribution in [1.82, 2.24) is 19.6 Å². The molecule has 0 radical (unpaired) electrons. The maximum atomic E-state index is 15.0. The van der Waals surface area contributed by atoms with Crippen LogP contribution < -0.4 is 61.5 Å². The number of carbonyl (C=O) groups excluding carboxylic acids is 8. The number of rotatable bonds is 24. The zero-order valence-electron chi connectivity index (χ0n) is 76.7. The summed E-state index contributed by atoms with van der Waals surface area (Å²) in [5.74, 6) is -6.76. The molecule has 0 saturated carbocycles. The zero-order chi connectivity index (χ0) is 102. The van der Waals surface area contributed by atoms with Crippen LogP contribution in [0.1, 0.15) is 137 Å². The van der Waals surface area contributed by atoms with E-state index in [1.807, 2.05) is 21.7 Å². The van der Waals surface area contributed by atoms with Crippen LogP contribution in [0.4, 0.5) is 63.1 Å². The number of likely N-dealkylation sites (tertiary alicyclic amines) is 2. The average molecular weight is 2090 g/mol. The number of halogens is 12. The Balaban J connectivity index is 0.000000169. The lowest BCUT2D eigenvalue weighted by molar-refractivity contribution is 0.100. The highest BCUT2D eigenvalue weighted by molar-refractivity contribution is 6.35. The Morgan fingerprint density at radius 3 is 0.817 bits per heavy atom. The predicted molar refractivity (Wildman–Crippen MR) is 551 cm³/mol. The molecular formula is C102H90Cl8F4N16O12. The largest absolute Gasteiger partial charge is 0.494 e. The van der Waals surface area contributed by atoms with E-state index in [0.29, 0.717) is 77.5 Å². The van der Waals surface area contributed by atoms with Crippen LogP contribution in [0.2, 0.25) is 40.2 Å². The number of nitrogens with zero attached hydrogens (tertiary/aromatic N) is 5. The van der Waals surface area contributed by atoms with Crippen molar-refractivity contribution in [1.29, 1.82) is 16.2 Å². The van der Waals surface area contributed by atoms with E-state index in [0.717, 1.165) is 70.9 Å². The molecule has 0 atom stereocenters. The van der Waals surface area contributed by atoms with Crippen molar-refractivity contribution in [3.05, 3.63) is 349 Å². The zero-order valence-corrected chi connectivity index (χ0v) is 82.8. The van der Waals surface area contributed by atoms with Crippen LogP contribution in [0, 0.1) is 39.5 Å². The van der Waals surface area contributed by atoms with Gasteiger partial charge in [0.25, 0.3) is 47.3 Å². The van der Waals surface area contributed by atoms with Crippen LogP contribution in [0.3, 0.4) is 0 Å². The van der Waals surface area contributed by atoms with Gasteiger partial charge in [0, 0.05) is 163 Å². The molecule has 3 heterocycles. The minimum atomic E-state index is -0.818. The van der Waals surface area contributed by atoms with Crippen LogP contribution in [-0.4, -0.2) is 179 Å². The molecule has 0 spiro atoms. The van der Waals surface area contributed by atoms with E-state index in [4.69, 9.17) is 128 Å². The predicted octanol–water partition coefficient (Wildman–Crippen LogP) is 23.4. The highest BCUT2D eigenvalue weighted by atomic mass is 35.5. The minimum absolute atomic E-state index is 0.0130. The number of methoxy groups -OCH3 is 4. The van der Waals surface area contributed by atoms with Crippen molar-refractivity contribution >= 4 is 209 Å². The van der Waals surface area contributed by atoms with Crippen molar-refractivity contribution in [3.8, 4) is 23.0 Å². The third kappa shape index (κ3) is 27.4. The summed E-state index contributed by atoms with van der Waals surface area (Å²) < 4.78 is 81.0. The fourth-order valence-electron chi connectivity index (χ4n) is 14.8. The van der Waals surface area contributed by atoms with Gasteiger partial charge in [-0.2, -0.15) is 0 Å². The summed E-state index contributed by atoms with van der Waals surface area (Å²) in [6.07, 6.45) is 5.07. The van der Waals surface area contributed by atoms with Crippen molar-refractivity contribution in [3.63, 3.8) is 0 Å². The molecule has 8 amide bonds. The SMILES string of the molecule is COc1cc(Cl)cc(C(=O)Nc2ccc(Cl)cc2)c1NC(=O)c1ccc(C(=N)N(C)C)cc1F.COc1cc(Cl)cc(C(=O)Nc2ccc(Cl)cc2)c1NC(=O)c1ccc(C(=N)N2CCCC2)cc1F.COc1cc(Cl)cc(C(=O)Nc2ccc(Cl)cc2)c1NC(=O)c1ccc(C(=N)N2CCCCC2)cc1F.COc1cc(Cl)cc(C(=O)Nc2ccc(Cl)cc2)c1NC(=O)c1ccc(C2=NCCN2C)cc1F. The first-order chi connectivity index (χ1) is 67.9. The molecule has 3 aliphatic rings. The molecule has 734 valence electrons. The maximum absolute atomic E-state index is 15.0. The molecule has 11 N–H and O–H groups in total. The quantitative estimate of drug-likeness (QED) is 0.0152. The molecule has 12 aromatic carbocycles. The van der Waals surface area contributed by atoms with E-state index in [9.17, 15) is 51.5 Å². The van der Waals surface area contributed by atoms with Gasteiger partial charge in [0.2, 0.25) is 0 Å². The lowest BCUT2D eigenvalue weighted by Gasteiger charge is -2.29. The van der Waals surface area contributed by atoms with Crippen LogP contribution in [0.15, 0.2) is 223 Å². The summed E-state index contributed by atoms with van der Waals surface area (Å²) in [6.45, 7) is 4.38. The molecule has 12 aromatic rings. The number of ether oxygens (including phenoxy) is 4. The van der Waals surface area contributed by atoms with Crippen LogP contribution >= 0.6 is 92.8 Å². The Morgan fingerprint density at radius 2 is 0.563 bits per heavy atom. The van der Waals surface area contributed by atoms with E-state index < -0.39 is 70.5 Å². The van der Waals surface area contributed by atoms with Gasteiger partial charge in [-0.15, -0.1) is 0 Å². The van der Waals surface area contributed by atoms with Gasteiger partial charge in [0.15, 0.2) is 0 Å². The van der Waals surface area contributed by atoms with Gasteiger partial charge < -0.3 is 81.1 Å². The van der Waals surface area contributed by atoms with Gasteiger partial charge in [-0.1, -0.05) is 117 Å². The van der Waals surface area contributed by atoms with Gasteiger partial charge in [-0.25, -0.2) is 17.6 Å². The number of piperidine rings is 1. The number of likely N-dealkylation sites (N-methyl/N-ethyl adjacent to an activating group) is 1. The number of carbonyl (C=O) groups is 8. The Bertz CT molecular complexity index is 6880. The number of hydrogen-bond donors (Lipinski definition) is 11. The van der Waals surface area contributed by atoms with Crippen molar-refractivity contribution in [2.45, 2.75) is 32.1 Å². The average Bonchev–Trinajstić information content (AvgIpc) is 0.868. The van der Waals surface area contributed by atoms with Crippen LogP contribution in [-0.2, 0) is 0 Å². The minimum Gasteiger partial charge on any atom is -0.494 e. The van der Waals surface area contributed by atoms with Crippen molar-refractivity contribution < 1.29 is 74.9 Å². The van der Waals surface area contributed by atoms with Crippen LogP contribution in [0.25, 0.3) is 0 Å². The second-order valence-corrected chi connectivity index (χ2v) is 35.4. The molecule has 0 bridgehead atoms. The number of amidine groups is 4. The van der Waals surface area contributed by atoms with Gasteiger partial charge >= 0.3 is 0 Å². The number of nitrogens with one attached hydrogen (secondary N) is 11. The third-order valence-corrected chi connectivity index (χ3v) is 23.9. The Hall–Kier alpha value is -14.5.